The van der Waals surface area contributed by atoms with Crippen LogP contribution in [0.5, 0.6) is 5.75 Å². The Morgan fingerprint density at radius 2 is 1.83 bits per heavy atom. The topological polar surface area (TPSA) is 62.9 Å². The fraction of sp³-hybridized carbons (Fsp3) is 0.533. The Kier molecular flexibility index (Phi) is 6.09. The fourth-order valence-electron chi connectivity index (χ4n) is 2.42. The van der Waals surface area contributed by atoms with Crippen LogP contribution in [-0.2, 0) is 0 Å². The number of ether oxygens (including phenoxy) is 1. The molecule has 1 fully saturated rings. The molecule has 1 aliphatic heterocycles. The fourth-order valence-corrected chi connectivity index (χ4v) is 2.42. The minimum Gasteiger partial charge on any atom is -0.406 e. The van der Waals surface area contributed by atoms with E-state index in [0.29, 0.717) is 12.2 Å². The van der Waals surface area contributed by atoms with Gasteiger partial charge in [0, 0.05) is 12.2 Å². The van der Waals surface area contributed by atoms with Crippen LogP contribution in [0.15, 0.2) is 29.3 Å². The molecule has 2 rings (SSSR count). The van der Waals surface area contributed by atoms with Gasteiger partial charge in [-0.3, -0.25) is 4.99 Å². The summed E-state index contributed by atoms with van der Waals surface area (Å²) in [6.07, 6.45) is -0.949. The number of aliphatic imine (C=N–C) groups is 1. The van der Waals surface area contributed by atoms with Gasteiger partial charge >= 0.3 is 6.36 Å². The highest BCUT2D eigenvalue weighted by Crippen LogP contribution is 2.23. The van der Waals surface area contributed by atoms with E-state index in [4.69, 9.17) is 5.73 Å². The number of hydrogen-bond donors (Lipinski definition) is 2. The molecule has 0 saturated carbocycles. The third-order valence-corrected chi connectivity index (χ3v) is 3.51. The lowest BCUT2D eigenvalue weighted by molar-refractivity contribution is -0.274. The summed E-state index contributed by atoms with van der Waals surface area (Å²) < 4.78 is 40.0. The second-order valence-corrected chi connectivity index (χ2v) is 5.37. The van der Waals surface area contributed by atoms with Crippen LogP contribution in [0.2, 0.25) is 0 Å². The van der Waals surface area contributed by atoms with Crippen LogP contribution in [0, 0.1) is 0 Å². The highest BCUT2D eigenvalue weighted by Gasteiger charge is 2.30. The van der Waals surface area contributed by atoms with Gasteiger partial charge < -0.3 is 20.7 Å². The van der Waals surface area contributed by atoms with Gasteiger partial charge in [-0.25, -0.2) is 0 Å². The number of guanidine groups is 1. The van der Waals surface area contributed by atoms with Crippen LogP contribution in [0.25, 0.3) is 0 Å². The summed E-state index contributed by atoms with van der Waals surface area (Å²) in [5.74, 6) is -0.0323. The monoisotopic (exact) mass is 330 g/mol. The molecule has 128 valence electrons. The van der Waals surface area contributed by atoms with Gasteiger partial charge in [0.1, 0.15) is 5.75 Å². The van der Waals surface area contributed by atoms with Gasteiger partial charge in [-0.05, 0) is 50.2 Å². The van der Waals surface area contributed by atoms with E-state index >= 15 is 0 Å². The van der Waals surface area contributed by atoms with Gasteiger partial charge in [-0.2, -0.15) is 0 Å². The van der Waals surface area contributed by atoms with Crippen LogP contribution in [-0.4, -0.2) is 43.4 Å². The van der Waals surface area contributed by atoms with E-state index in [1.807, 2.05) is 0 Å². The van der Waals surface area contributed by atoms with E-state index < -0.39 is 6.36 Å². The number of hydrogen-bond acceptors (Lipinski definition) is 3. The van der Waals surface area contributed by atoms with E-state index in [9.17, 15) is 13.2 Å². The average molecular weight is 330 g/mol. The first-order valence-electron chi connectivity index (χ1n) is 7.57. The van der Waals surface area contributed by atoms with Crippen LogP contribution in [0.3, 0.4) is 0 Å². The lowest BCUT2D eigenvalue weighted by atomic mass is 10.1. The standard InChI is InChI=1S/C15H21F3N4O/c16-15(17,18)23-13-6-4-12(5-7-13)21-14(19)20-8-11-22-9-2-1-3-10-22/h4-7H,1-3,8-11H2,(H3,19,20,21). The van der Waals surface area contributed by atoms with Gasteiger partial charge in [0.15, 0.2) is 5.96 Å². The largest absolute Gasteiger partial charge is 0.573 e. The molecule has 0 aromatic heterocycles. The van der Waals surface area contributed by atoms with E-state index in [1.54, 1.807) is 0 Å². The molecule has 3 N–H and O–H groups in total. The van der Waals surface area contributed by atoms with Crippen molar-refractivity contribution in [3.05, 3.63) is 24.3 Å². The molecule has 0 unspecified atom stereocenters. The van der Waals surface area contributed by atoms with Crippen LogP contribution < -0.4 is 15.8 Å². The Hall–Kier alpha value is -1.96. The molecule has 1 aliphatic rings. The number of rotatable bonds is 5. The van der Waals surface area contributed by atoms with Gasteiger partial charge in [0.25, 0.3) is 0 Å². The number of piperidine rings is 1. The SMILES string of the molecule is NC(=NCCN1CCCCC1)Nc1ccc(OC(F)(F)F)cc1. The number of anilines is 1. The van der Waals surface area contributed by atoms with E-state index in [2.05, 4.69) is 19.9 Å². The molecule has 0 amide bonds. The van der Waals surface area contributed by atoms with Gasteiger partial charge in [-0.1, -0.05) is 6.42 Å². The third-order valence-electron chi connectivity index (χ3n) is 3.51. The lowest BCUT2D eigenvalue weighted by Crippen LogP contribution is -2.32. The maximum absolute atomic E-state index is 12.1. The summed E-state index contributed by atoms with van der Waals surface area (Å²) >= 11 is 0. The van der Waals surface area contributed by atoms with Crippen molar-refractivity contribution in [3.63, 3.8) is 0 Å². The van der Waals surface area contributed by atoms with Crippen molar-refractivity contribution in [2.75, 3.05) is 31.5 Å². The maximum atomic E-state index is 12.1. The average Bonchev–Trinajstić information content (AvgIpc) is 2.49. The van der Waals surface area contributed by atoms with Crippen molar-refractivity contribution in [2.24, 2.45) is 10.7 Å². The smallest absolute Gasteiger partial charge is 0.406 e. The second kappa shape index (κ2) is 8.05. The number of benzene rings is 1. The molecule has 8 heteroatoms. The first-order valence-corrected chi connectivity index (χ1v) is 7.57. The molecule has 1 aromatic rings. The van der Waals surface area contributed by atoms with E-state index in [0.717, 1.165) is 19.6 Å². The zero-order chi connectivity index (χ0) is 16.7. The number of alkyl halides is 3. The molecule has 0 aliphatic carbocycles. The van der Waals surface area contributed by atoms with E-state index in [-0.39, 0.29) is 11.7 Å². The zero-order valence-electron chi connectivity index (χ0n) is 12.8. The first-order chi connectivity index (χ1) is 10.9. The molecule has 1 saturated heterocycles. The number of nitrogens with two attached hydrogens (primary N) is 1. The zero-order valence-corrected chi connectivity index (χ0v) is 12.8. The minimum absolute atomic E-state index is 0.242. The van der Waals surface area contributed by atoms with Crippen molar-refractivity contribution >= 4 is 11.6 Å². The normalized spacial score (nSPS) is 17.1. The molecular weight excluding hydrogens is 309 g/mol. The van der Waals surface area contributed by atoms with Crippen LogP contribution >= 0.6 is 0 Å². The van der Waals surface area contributed by atoms with Crippen molar-refractivity contribution in [3.8, 4) is 5.75 Å². The number of likely N-dealkylation sites (tertiary alicyclic amines) is 1. The van der Waals surface area contributed by atoms with Crippen molar-refractivity contribution in [1.82, 2.24) is 4.90 Å². The van der Waals surface area contributed by atoms with Crippen LogP contribution in [0.4, 0.5) is 18.9 Å². The van der Waals surface area contributed by atoms with Crippen molar-refractivity contribution in [1.29, 1.82) is 0 Å². The summed E-state index contributed by atoms with van der Waals surface area (Å²) in [7, 11) is 0. The summed E-state index contributed by atoms with van der Waals surface area (Å²) in [6.45, 7) is 3.65. The Bertz CT molecular complexity index is 510. The Balaban J connectivity index is 1.77. The molecule has 23 heavy (non-hydrogen) atoms. The Morgan fingerprint density at radius 1 is 1.17 bits per heavy atom. The van der Waals surface area contributed by atoms with Gasteiger partial charge in [-0.15, -0.1) is 13.2 Å². The summed E-state index contributed by atoms with van der Waals surface area (Å²) in [5, 5.41) is 2.84. The molecular formula is C15H21F3N4O. The second-order valence-electron chi connectivity index (χ2n) is 5.37. The van der Waals surface area contributed by atoms with Gasteiger partial charge in [0.05, 0.1) is 6.54 Å². The molecule has 0 spiro atoms. The number of nitrogens with zero attached hydrogens (tertiary/aromatic N) is 2. The van der Waals surface area contributed by atoms with Gasteiger partial charge in [0.2, 0.25) is 0 Å². The number of halogens is 3. The minimum atomic E-state index is -4.69. The molecule has 0 radical (unpaired) electrons. The Morgan fingerprint density at radius 3 is 2.43 bits per heavy atom. The molecule has 5 nitrogen and oxygen atoms in total. The Labute approximate surface area is 133 Å². The predicted molar refractivity (Wildman–Crippen MR) is 83.5 cm³/mol. The summed E-state index contributed by atoms with van der Waals surface area (Å²) in [6, 6.07) is 5.34. The summed E-state index contributed by atoms with van der Waals surface area (Å²) in [5.41, 5.74) is 6.32. The molecule has 0 bridgehead atoms. The summed E-state index contributed by atoms with van der Waals surface area (Å²) in [4.78, 5) is 6.58. The lowest BCUT2D eigenvalue weighted by Gasteiger charge is -2.25. The third kappa shape index (κ3) is 6.77. The highest BCUT2D eigenvalue weighted by molar-refractivity contribution is 5.92. The molecule has 1 heterocycles. The number of nitrogens with one attached hydrogen (secondary N) is 1. The molecule has 1 aromatic carbocycles. The first kappa shape index (κ1) is 17.4. The van der Waals surface area contributed by atoms with Crippen LogP contribution in [0.1, 0.15) is 19.3 Å². The quantitative estimate of drug-likeness (QED) is 0.644. The molecule has 0 atom stereocenters. The van der Waals surface area contributed by atoms with Crippen molar-refractivity contribution < 1.29 is 17.9 Å². The maximum Gasteiger partial charge on any atom is 0.573 e. The van der Waals surface area contributed by atoms with Crippen molar-refractivity contribution in [2.45, 2.75) is 25.6 Å². The van der Waals surface area contributed by atoms with E-state index in [1.165, 1.54) is 43.5 Å². The predicted octanol–water partition coefficient (Wildman–Crippen LogP) is 2.80. The highest BCUT2D eigenvalue weighted by atomic mass is 19.4.